The van der Waals surface area contributed by atoms with Crippen LogP contribution in [0.1, 0.15) is 48.7 Å². The van der Waals surface area contributed by atoms with Crippen molar-refractivity contribution in [2.24, 2.45) is 0 Å². The largest absolute Gasteiger partial charge is 0.466 e. The lowest BCUT2D eigenvalue weighted by molar-refractivity contribution is 0.0490. The van der Waals surface area contributed by atoms with Gasteiger partial charge < -0.3 is 13.9 Å². The maximum atomic E-state index is 11.7. The summed E-state index contributed by atoms with van der Waals surface area (Å²) in [5, 5.41) is 0. The van der Waals surface area contributed by atoms with E-state index in [4.69, 9.17) is 13.9 Å². The number of carbonyl (C=O) groups is 1. The smallest absolute Gasteiger partial charge is 0.341 e. The van der Waals surface area contributed by atoms with Crippen molar-refractivity contribution in [1.29, 1.82) is 0 Å². The molecule has 0 N–H and O–H groups in total. The molecule has 1 aromatic heterocycles. The number of furan rings is 1. The van der Waals surface area contributed by atoms with Crippen molar-refractivity contribution in [3.63, 3.8) is 0 Å². The van der Waals surface area contributed by atoms with E-state index in [0.29, 0.717) is 17.9 Å². The second kappa shape index (κ2) is 7.90. The molecule has 0 aliphatic carbocycles. The average Bonchev–Trinajstić information content (AvgIpc) is 2.77. The van der Waals surface area contributed by atoms with Crippen molar-refractivity contribution < 1.29 is 18.7 Å². The molecule has 0 aromatic carbocycles. The second-order valence-electron chi connectivity index (χ2n) is 3.89. The Hall–Kier alpha value is -1.29. The highest BCUT2D eigenvalue weighted by Crippen LogP contribution is 2.13. The molecule has 4 nitrogen and oxygen atoms in total. The quantitative estimate of drug-likeness (QED) is 0.517. The first kappa shape index (κ1) is 13.8. The number of hydrogen-bond acceptors (Lipinski definition) is 4. The predicted octanol–water partition coefficient (Wildman–Crippen LogP) is 3.16. The zero-order valence-corrected chi connectivity index (χ0v) is 10.5. The zero-order chi connectivity index (χ0) is 12.5. The van der Waals surface area contributed by atoms with Crippen molar-refractivity contribution in [2.75, 3.05) is 13.7 Å². The fraction of sp³-hybridized carbons (Fsp3) is 0.615. The van der Waals surface area contributed by atoms with Crippen molar-refractivity contribution in [1.82, 2.24) is 0 Å². The molecule has 0 atom stereocenters. The minimum Gasteiger partial charge on any atom is -0.466 e. The maximum Gasteiger partial charge on any atom is 0.341 e. The molecular formula is C13H20O4. The van der Waals surface area contributed by atoms with Gasteiger partial charge in [0.25, 0.3) is 0 Å². The summed E-state index contributed by atoms with van der Waals surface area (Å²) < 4.78 is 15.2. The van der Waals surface area contributed by atoms with Gasteiger partial charge in [0.2, 0.25) is 0 Å². The van der Waals surface area contributed by atoms with E-state index in [9.17, 15) is 4.79 Å². The lowest BCUT2D eigenvalue weighted by atomic mass is 10.2. The fourth-order valence-corrected chi connectivity index (χ4v) is 1.54. The van der Waals surface area contributed by atoms with Crippen LogP contribution in [0.15, 0.2) is 16.7 Å². The monoisotopic (exact) mass is 240 g/mol. The summed E-state index contributed by atoms with van der Waals surface area (Å²) in [7, 11) is 1.56. The summed E-state index contributed by atoms with van der Waals surface area (Å²) >= 11 is 0. The number of methoxy groups -OCH3 is 1. The molecule has 1 rings (SSSR count). The summed E-state index contributed by atoms with van der Waals surface area (Å²) in [5.41, 5.74) is 0.461. The van der Waals surface area contributed by atoms with Crippen LogP contribution in [0.3, 0.4) is 0 Å². The molecule has 0 radical (unpaired) electrons. The first-order valence-corrected chi connectivity index (χ1v) is 6.02. The Bertz CT molecular complexity index is 330. The molecule has 0 saturated carbocycles. The van der Waals surface area contributed by atoms with E-state index >= 15 is 0 Å². The SMILES string of the molecule is CCCCCCOC(=O)c1ccoc1COC. The highest BCUT2D eigenvalue weighted by atomic mass is 16.5. The minimum absolute atomic E-state index is 0.285. The molecule has 0 aliphatic heterocycles. The van der Waals surface area contributed by atoms with E-state index in [1.54, 1.807) is 13.2 Å². The van der Waals surface area contributed by atoms with E-state index in [2.05, 4.69) is 6.92 Å². The van der Waals surface area contributed by atoms with Gasteiger partial charge in [-0.05, 0) is 12.5 Å². The molecule has 0 aliphatic rings. The minimum atomic E-state index is -0.331. The molecule has 0 amide bonds. The number of rotatable bonds is 8. The van der Waals surface area contributed by atoms with Crippen molar-refractivity contribution in [2.45, 2.75) is 39.2 Å². The Kier molecular flexibility index (Phi) is 6.40. The number of carbonyl (C=O) groups excluding carboxylic acids is 1. The van der Waals surface area contributed by atoms with Crippen LogP contribution in [0.5, 0.6) is 0 Å². The van der Waals surface area contributed by atoms with Gasteiger partial charge in [-0.15, -0.1) is 0 Å². The van der Waals surface area contributed by atoms with Gasteiger partial charge in [0.05, 0.1) is 12.9 Å². The topological polar surface area (TPSA) is 48.7 Å². The lowest BCUT2D eigenvalue weighted by Crippen LogP contribution is -2.08. The average molecular weight is 240 g/mol. The molecule has 4 heteroatoms. The summed E-state index contributed by atoms with van der Waals surface area (Å²) in [6.45, 7) is 2.90. The Morgan fingerprint density at radius 1 is 1.35 bits per heavy atom. The van der Waals surface area contributed by atoms with Crippen LogP contribution in [-0.4, -0.2) is 19.7 Å². The molecule has 0 fully saturated rings. The molecule has 1 heterocycles. The van der Waals surface area contributed by atoms with Crippen LogP contribution in [0.2, 0.25) is 0 Å². The van der Waals surface area contributed by atoms with E-state index in [0.717, 1.165) is 12.8 Å². The summed E-state index contributed by atoms with van der Waals surface area (Å²) in [4.78, 5) is 11.7. The van der Waals surface area contributed by atoms with Crippen LogP contribution >= 0.6 is 0 Å². The Balaban J connectivity index is 2.33. The standard InChI is InChI=1S/C13H20O4/c1-3-4-5-6-8-17-13(14)11-7-9-16-12(11)10-15-2/h7,9H,3-6,8,10H2,1-2H3. The van der Waals surface area contributed by atoms with Gasteiger partial charge in [0.1, 0.15) is 17.9 Å². The van der Waals surface area contributed by atoms with Gasteiger partial charge >= 0.3 is 5.97 Å². The molecule has 0 spiro atoms. The lowest BCUT2D eigenvalue weighted by Gasteiger charge is -2.04. The Labute approximate surface area is 102 Å². The molecule has 0 bridgehead atoms. The van der Waals surface area contributed by atoms with Gasteiger partial charge in [0.15, 0.2) is 0 Å². The second-order valence-corrected chi connectivity index (χ2v) is 3.89. The van der Waals surface area contributed by atoms with Gasteiger partial charge in [-0.25, -0.2) is 4.79 Å². The Morgan fingerprint density at radius 3 is 2.88 bits per heavy atom. The first-order chi connectivity index (χ1) is 8.29. The predicted molar refractivity (Wildman–Crippen MR) is 63.8 cm³/mol. The number of esters is 1. The van der Waals surface area contributed by atoms with Crippen LogP contribution in [0.4, 0.5) is 0 Å². The Morgan fingerprint density at radius 2 is 2.18 bits per heavy atom. The van der Waals surface area contributed by atoms with Crippen LogP contribution in [0.25, 0.3) is 0 Å². The fourth-order valence-electron chi connectivity index (χ4n) is 1.54. The van der Waals surface area contributed by atoms with Crippen molar-refractivity contribution in [3.8, 4) is 0 Å². The number of hydrogen-bond donors (Lipinski definition) is 0. The summed E-state index contributed by atoms with van der Waals surface area (Å²) in [5.74, 6) is 0.188. The third-order valence-electron chi connectivity index (χ3n) is 2.47. The normalized spacial score (nSPS) is 10.5. The zero-order valence-electron chi connectivity index (χ0n) is 10.5. The molecule has 0 unspecified atom stereocenters. The van der Waals surface area contributed by atoms with Crippen LogP contribution in [-0.2, 0) is 16.1 Å². The maximum absolute atomic E-state index is 11.7. The van der Waals surface area contributed by atoms with E-state index in [-0.39, 0.29) is 12.6 Å². The third-order valence-corrected chi connectivity index (χ3v) is 2.47. The number of ether oxygens (including phenoxy) is 2. The summed E-state index contributed by atoms with van der Waals surface area (Å²) in [6, 6.07) is 1.61. The van der Waals surface area contributed by atoms with Crippen molar-refractivity contribution >= 4 is 5.97 Å². The molecule has 0 saturated heterocycles. The number of unbranched alkanes of at least 4 members (excludes halogenated alkanes) is 3. The molecule has 1 aromatic rings. The van der Waals surface area contributed by atoms with Gasteiger partial charge in [-0.3, -0.25) is 0 Å². The van der Waals surface area contributed by atoms with Gasteiger partial charge in [-0.2, -0.15) is 0 Å². The summed E-state index contributed by atoms with van der Waals surface area (Å²) in [6.07, 6.45) is 5.84. The first-order valence-electron chi connectivity index (χ1n) is 6.02. The van der Waals surface area contributed by atoms with Gasteiger partial charge in [0, 0.05) is 7.11 Å². The third kappa shape index (κ3) is 4.61. The van der Waals surface area contributed by atoms with Gasteiger partial charge in [-0.1, -0.05) is 26.2 Å². The van der Waals surface area contributed by atoms with Crippen LogP contribution < -0.4 is 0 Å². The van der Waals surface area contributed by atoms with E-state index < -0.39 is 0 Å². The van der Waals surface area contributed by atoms with Crippen molar-refractivity contribution in [3.05, 3.63) is 23.7 Å². The van der Waals surface area contributed by atoms with Crippen LogP contribution in [0, 0.1) is 0 Å². The molecule has 17 heavy (non-hydrogen) atoms. The van der Waals surface area contributed by atoms with E-state index in [1.165, 1.54) is 19.1 Å². The molecule has 96 valence electrons. The molecular weight excluding hydrogens is 220 g/mol. The highest BCUT2D eigenvalue weighted by molar-refractivity contribution is 5.90. The van der Waals surface area contributed by atoms with E-state index in [1.807, 2.05) is 0 Å². The highest BCUT2D eigenvalue weighted by Gasteiger charge is 2.15.